The van der Waals surface area contributed by atoms with E-state index in [2.05, 4.69) is 0 Å². The quantitative estimate of drug-likeness (QED) is 0.778. The molecule has 1 aliphatic heterocycles. The van der Waals surface area contributed by atoms with Crippen LogP contribution < -0.4 is 0 Å². The Morgan fingerprint density at radius 2 is 2.00 bits per heavy atom. The Kier molecular flexibility index (Phi) is 4.24. The predicted octanol–water partition coefficient (Wildman–Crippen LogP) is 3.45. The van der Waals surface area contributed by atoms with Crippen LogP contribution in [0.2, 0.25) is 0 Å². The van der Waals surface area contributed by atoms with E-state index in [1.165, 1.54) is 5.57 Å². The third-order valence-corrected chi connectivity index (χ3v) is 3.62. The normalized spacial score (nSPS) is 16.7. The van der Waals surface area contributed by atoms with E-state index in [1.807, 2.05) is 36.4 Å². The van der Waals surface area contributed by atoms with Crippen LogP contribution in [0, 0.1) is 0 Å². The first-order chi connectivity index (χ1) is 10.3. The third kappa shape index (κ3) is 3.66. The molecule has 1 aromatic rings. The summed E-state index contributed by atoms with van der Waals surface area (Å²) in [5, 5.41) is 0. The van der Waals surface area contributed by atoms with Crippen LogP contribution in [-0.4, -0.2) is 12.8 Å². The van der Waals surface area contributed by atoms with Crippen LogP contribution in [0.15, 0.2) is 53.5 Å². The first kappa shape index (κ1) is 13.7. The zero-order valence-electron chi connectivity index (χ0n) is 11.8. The van der Waals surface area contributed by atoms with E-state index in [0.717, 1.165) is 29.9 Å². The molecule has 0 saturated carbocycles. The van der Waals surface area contributed by atoms with Crippen LogP contribution >= 0.6 is 0 Å². The third-order valence-electron chi connectivity index (χ3n) is 3.62. The van der Waals surface area contributed by atoms with E-state index < -0.39 is 0 Å². The molecule has 0 unspecified atom stereocenters. The van der Waals surface area contributed by atoms with E-state index in [4.69, 9.17) is 14.2 Å². The van der Waals surface area contributed by atoms with Gasteiger partial charge in [-0.15, -0.1) is 0 Å². The van der Waals surface area contributed by atoms with Crippen LogP contribution in [0.1, 0.15) is 31.2 Å². The van der Waals surface area contributed by atoms with Crippen molar-refractivity contribution in [3.05, 3.63) is 59.1 Å². The minimum atomic E-state index is -0.164. The van der Waals surface area contributed by atoms with Gasteiger partial charge in [0.25, 0.3) is 0 Å². The van der Waals surface area contributed by atoms with Gasteiger partial charge in [0, 0.05) is 12.8 Å². The van der Waals surface area contributed by atoms with Gasteiger partial charge in [-0.25, -0.2) is 0 Å². The van der Waals surface area contributed by atoms with Gasteiger partial charge in [0.05, 0.1) is 0 Å². The molecule has 1 aliphatic carbocycles. The summed E-state index contributed by atoms with van der Waals surface area (Å²) < 4.78 is 16.0. The molecule has 4 heteroatoms. The largest absolute Gasteiger partial charge is 0.461 e. The van der Waals surface area contributed by atoms with Crippen molar-refractivity contribution in [1.29, 1.82) is 0 Å². The monoisotopic (exact) mass is 286 g/mol. The second-order valence-corrected chi connectivity index (χ2v) is 5.14. The highest BCUT2D eigenvalue weighted by atomic mass is 16.7. The maximum absolute atomic E-state index is 11.8. The highest BCUT2D eigenvalue weighted by Gasteiger charge is 2.21. The highest BCUT2D eigenvalue weighted by molar-refractivity contribution is 5.69. The van der Waals surface area contributed by atoms with Gasteiger partial charge < -0.3 is 14.2 Å². The molecule has 0 aromatic heterocycles. The molecular weight excluding hydrogens is 268 g/mol. The number of hydrogen-bond acceptors (Lipinski definition) is 4. The molecule has 0 bridgehead atoms. The summed E-state index contributed by atoms with van der Waals surface area (Å²) in [4.78, 5) is 11.8. The van der Waals surface area contributed by atoms with Crippen LogP contribution in [0.5, 0.6) is 0 Å². The summed E-state index contributed by atoms with van der Waals surface area (Å²) in [5.74, 6) is 1.60. The lowest BCUT2D eigenvalue weighted by molar-refractivity contribution is -0.144. The number of carbonyl (C=O) groups is 1. The number of hydrogen-bond donors (Lipinski definition) is 0. The first-order valence-corrected chi connectivity index (χ1v) is 7.19. The number of allylic oxidation sites excluding steroid dienone is 3. The number of benzene rings is 1. The summed E-state index contributed by atoms with van der Waals surface area (Å²) in [7, 11) is 0. The number of ether oxygens (including phenoxy) is 3. The molecule has 2 aliphatic rings. The fraction of sp³-hybridized carbons (Fsp3) is 0.353. The van der Waals surface area contributed by atoms with Gasteiger partial charge in [0.15, 0.2) is 5.76 Å². The van der Waals surface area contributed by atoms with Crippen LogP contribution in [0.3, 0.4) is 0 Å². The van der Waals surface area contributed by atoms with Crippen molar-refractivity contribution >= 4 is 5.97 Å². The fourth-order valence-corrected chi connectivity index (χ4v) is 2.43. The van der Waals surface area contributed by atoms with Crippen LogP contribution in [0.4, 0.5) is 0 Å². The van der Waals surface area contributed by atoms with Gasteiger partial charge in [-0.1, -0.05) is 35.9 Å². The maximum Gasteiger partial charge on any atom is 0.306 e. The van der Waals surface area contributed by atoms with Gasteiger partial charge in [0.2, 0.25) is 6.79 Å². The van der Waals surface area contributed by atoms with Gasteiger partial charge in [-0.2, -0.15) is 0 Å². The first-order valence-electron chi connectivity index (χ1n) is 7.19. The maximum atomic E-state index is 11.8. The lowest BCUT2D eigenvalue weighted by Crippen LogP contribution is -2.06. The van der Waals surface area contributed by atoms with Crippen LogP contribution in [-0.2, 0) is 25.6 Å². The summed E-state index contributed by atoms with van der Waals surface area (Å²) in [6.07, 6.45) is 4.90. The number of esters is 1. The Morgan fingerprint density at radius 1 is 1.14 bits per heavy atom. The zero-order valence-corrected chi connectivity index (χ0v) is 11.8. The Balaban J connectivity index is 1.44. The van der Waals surface area contributed by atoms with Gasteiger partial charge >= 0.3 is 5.97 Å². The van der Waals surface area contributed by atoms with Crippen molar-refractivity contribution in [2.75, 3.05) is 6.79 Å². The molecule has 21 heavy (non-hydrogen) atoms. The molecule has 0 saturated heterocycles. The molecule has 110 valence electrons. The van der Waals surface area contributed by atoms with Gasteiger partial charge in [0.1, 0.15) is 12.4 Å². The lowest BCUT2D eigenvalue weighted by atomic mass is 9.98. The van der Waals surface area contributed by atoms with Crippen LogP contribution in [0.25, 0.3) is 0 Å². The Labute approximate surface area is 124 Å². The smallest absolute Gasteiger partial charge is 0.306 e. The molecule has 1 aromatic carbocycles. The Bertz CT molecular complexity index is 572. The van der Waals surface area contributed by atoms with Crippen molar-refractivity contribution < 1.29 is 19.0 Å². The van der Waals surface area contributed by atoms with E-state index in [1.54, 1.807) is 0 Å². The van der Waals surface area contributed by atoms with Crippen molar-refractivity contribution in [2.45, 2.75) is 32.3 Å². The molecular formula is C17H18O4. The highest BCUT2D eigenvalue weighted by Crippen LogP contribution is 2.31. The lowest BCUT2D eigenvalue weighted by Gasteiger charge is -2.12. The second kappa shape index (κ2) is 6.48. The zero-order chi connectivity index (χ0) is 14.5. The Hall–Kier alpha value is -2.23. The molecule has 0 N–H and O–H groups in total. The minimum absolute atomic E-state index is 0.164. The SMILES string of the molecule is O=C(CCC1=CC2=C(CC1)OCO2)OCc1ccccc1. The molecule has 0 spiro atoms. The van der Waals surface area contributed by atoms with E-state index in [0.29, 0.717) is 26.2 Å². The van der Waals surface area contributed by atoms with E-state index in [9.17, 15) is 4.79 Å². The average molecular weight is 286 g/mol. The molecule has 0 atom stereocenters. The molecule has 4 nitrogen and oxygen atoms in total. The van der Waals surface area contributed by atoms with E-state index >= 15 is 0 Å². The summed E-state index contributed by atoms with van der Waals surface area (Å²) in [5.41, 5.74) is 2.23. The number of carbonyl (C=O) groups excluding carboxylic acids is 1. The molecule has 0 radical (unpaired) electrons. The standard InChI is InChI=1S/C17H18O4/c18-17(19-11-14-4-2-1-3-5-14)9-7-13-6-8-15-16(10-13)21-12-20-15/h1-5,10H,6-9,11-12H2. The second-order valence-electron chi connectivity index (χ2n) is 5.14. The molecule has 1 heterocycles. The molecule has 0 fully saturated rings. The topological polar surface area (TPSA) is 44.8 Å². The van der Waals surface area contributed by atoms with Crippen molar-refractivity contribution in [3.63, 3.8) is 0 Å². The molecule has 3 rings (SSSR count). The van der Waals surface area contributed by atoms with Crippen molar-refractivity contribution in [2.24, 2.45) is 0 Å². The van der Waals surface area contributed by atoms with E-state index in [-0.39, 0.29) is 5.97 Å². The van der Waals surface area contributed by atoms with Crippen molar-refractivity contribution in [3.8, 4) is 0 Å². The van der Waals surface area contributed by atoms with Gasteiger partial charge in [-0.3, -0.25) is 4.79 Å². The summed E-state index contributed by atoms with van der Waals surface area (Å²) >= 11 is 0. The average Bonchev–Trinajstić information content (AvgIpc) is 2.99. The van der Waals surface area contributed by atoms with Gasteiger partial charge in [-0.05, 0) is 24.5 Å². The summed E-state index contributed by atoms with van der Waals surface area (Å²) in [6.45, 7) is 0.651. The number of rotatable bonds is 5. The predicted molar refractivity (Wildman–Crippen MR) is 76.9 cm³/mol. The van der Waals surface area contributed by atoms with Crippen molar-refractivity contribution in [1.82, 2.24) is 0 Å². The molecule has 0 amide bonds. The minimum Gasteiger partial charge on any atom is -0.461 e. The Morgan fingerprint density at radius 3 is 2.86 bits per heavy atom. The fourth-order valence-electron chi connectivity index (χ4n) is 2.43. The summed E-state index contributed by atoms with van der Waals surface area (Å²) in [6, 6.07) is 9.71.